The van der Waals surface area contributed by atoms with Crippen LogP contribution in [0.3, 0.4) is 0 Å². The number of hydrogen-bond donors (Lipinski definition) is 1. The number of ether oxygens (including phenoxy) is 2. The molecule has 0 heterocycles. The second-order valence-electron chi connectivity index (χ2n) is 9.92. The maximum Gasteiger partial charge on any atom is 0.408 e. The van der Waals surface area contributed by atoms with Gasteiger partial charge in [0, 0.05) is 12.0 Å². The average Bonchev–Trinajstić information content (AvgIpc) is 2.50. The lowest BCUT2D eigenvalue weighted by atomic mass is 9.97. The van der Waals surface area contributed by atoms with Crippen LogP contribution in [0.15, 0.2) is 24.3 Å². The number of carbonyl (C=O) groups is 2. The Labute approximate surface area is 176 Å². The van der Waals surface area contributed by atoms with E-state index in [1.54, 1.807) is 27.7 Å². The fourth-order valence-corrected chi connectivity index (χ4v) is 2.92. The number of hydrogen-bond acceptors (Lipinski definition) is 4. The lowest BCUT2D eigenvalue weighted by Crippen LogP contribution is -2.45. The van der Waals surface area contributed by atoms with Gasteiger partial charge in [-0.2, -0.15) is 0 Å². The molecule has 0 bridgehead atoms. The largest absolute Gasteiger partial charge is 0.458 e. The summed E-state index contributed by atoms with van der Waals surface area (Å²) in [7, 11) is -1.40. The highest BCUT2D eigenvalue weighted by molar-refractivity contribution is 6.83. The summed E-state index contributed by atoms with van der Waals surface area (Å²) < 4.78 is 10.8. The van der Waals surface area contributed by atoms with E-state index < -0.39 is 37.4 Å². The van der Waals surface area contributed by atoms with Crippen LogP contribution in [-0.2, 0) is 20.7 Å². The Morgan fingerprint density at radius 3 is 2.07 bits per heavy atom. The number of amides is 1. The van der Waals surface area contributed by atoms with Crippen LogP contribution >= 0.6 is 0 Å². The van der Waals surface area contributed by atoms with Crippen molar-refractivity contribution in [3.8, 4) is 11.5 Å². The van der Waals surface area contributed by atoms with E-state index in [9.17, 15) is 9.59 Å². The van der Waals surface area contributed by atoms with Crippen LogP contribution in [0.25, 0.3) is 0 Å². The van der Waals surface area contributed by atoms with Crippen molar-refractivity contribution in [2.45, 2.75) is 84.8 Å². The SMILES string of the molecule is CC(NC(=O)OC(C)(C)C)C(=O)OC(C)(C)Cc1ccc(C#C[Si](C)(C)C)cc1. The predicted molar refractivity (Wildman–Crippen MR) is 119 cm³/mol. The Morgan fingerprint density at radius 1 is 1.03 bits per heavy atom. The molecule has 0 aliphatic carbocycles. The van der Waals surface area contributed by atoms with Crippen molar-refractivity contribution in [1.29, 1.82) is 0 Å². The van der Waals surface area contributed by atoms with Gasteiger partial charge in [-0.1, -0.05) is 37.7 Å². The van der Waals surface area contributed by atoms with Gasteiger partial charge < -0.3 is 14.8 Å². The standard InChI is InChI=1S/C23H35NO4Si/c1-17(24-21(26)28-22(2,3)4)20(25)27-23(5,6)16-19-12-10-18(11-13-19)14-15-29(7,8)9/h10-13,17H,16H2,1-9H3,(H,24,26). The molecule has 0 radical (unpaired) electrons. The lowest BCUT2D eigenvalue weighted by Gasteiger charge is -2.28. The summed E-state index contributed by atoms with van der Waals surface area (Å²) in [5, 5.41) is 2.51. The zero-order valence-electron chi connectivity index (χ0n) is 19.2. The Bertz CT molecular complexity index is 774. The van der Waals surface area contributed by atoms with Gasteiger partial charge in [-0.25, -0.2) is 9.59 Å². The normalized spacial score (nSPS) is 13.0. The first kappa shape index (κ1) is 24.8. The highest BCUT2D eigenvalue weighted by Crippen LogP contribution is 2.19. The van der Waals surface area contributed by atoms with Crippen LogP contribution in [0.5, 0.6) is 0 Å². The Balaban J connectivity index is 2.66. The minimum Gasteiger partial charge on any atom is -0.458 e. The predicted octanol–water partition coefficient (Wildman–Crippen LogP) is 4.69. The van der Waals surface area contributed by atoms with E-state index in [0.29, 0.717) is 6.42 Å². The van der Waals surface area contributed by atoms with E-state index in [1.165, 1.54) is 0 Å². The quantitative estimate of drug-likeness (QED) is 0.429. The van der Waals surface area contributed by atoms with Crippen molar-refractivity contribution in [3.63, 3.8) is 0 Å². The molecule has 0 saturated heterocycles. The van der Waals surface area contributed by atoms with Gasteiger partial charge in [-0.15, -0.1) is 5.54 Å². The molecule has 1 amide bonds. The second-order valence-corrected chi connectivity index (χ2v) is 14.7. The third-order valence-electron chi connectivity index (χ3n) is 3.63. The molecule has 1 aromatic carbocycles. The van der Waals surface area contributed by atoms with E-state index >= 15 is 0 Å². The maximum absolute atomic E-state index is 12.4. The fourth-order valence-electron chi connectivity index (χ4n) is 2.40. The average molecular weight is 418 g/mol. The first-order valence-electron chi connectivity index (χ1n) is 9.91. The molecule has 1 N–H and O–H groups in total. The molecule has 0 fully saturated rings. The fraction of sp³-hybridized carbons (Fsp3) is 0.565. The summed E-state index contributed by atoms with van der Waals surface area (Å²) in [6, 6.07) is 7.20. The van der Waals surface area contributed by atoms with Gasteiger partial charge in [0.1, 0.15) is 25.3 Å². The molecule has 1 aromatic rings. The lowest BCUT2D eigenvalue weighted by molar-refractivity contribution is -0.158. The van der Waals surface area contributed by atoms with Crippen LogP contribution < -0.4 is 5.32 Å². The molecule has 1 rings (SSSR count). The van der Waals surface area contributed by atoms with Crippen LogP contribution in [0.4, 0.5) is 4.79 Å². The van der Waals surface area contributed by atoms with Crippen LogP contribution in [0.2, 0.25) is 19.6 Å². The Morgan fingerprint density at radius 2 is 1.59 bits per heavy atom. The van der Waals surface area contributed by atoms with Gasteiger partial charge in [0.2, 0.25) is 0 Å². The highest BCUT2D eigenvalue weighted by Gasteiger charge is 2.28. The van der Waals surface area contributed by atoms with E-state index in [1.807, 2.05) is 38.1 Å². The molecule has 0 saturated carbocycles. The van der Waals surface area contributed by atoms with E-state index in [4.69, 9.17) is 9.47 Å². The molecular formula is C23H35NO4Si. The molecule has 6 heteroatoms. The third kappa shape index (κ3) is 10.7. The number of benzene rings is 1. The van der Waals surface area contributed by atoms with Crippen LogP contribution in [0.1, 0.15) is 52.7 Å². The number of nitrogens with one attached hydrogen (secondary N) is 1. The zero-order chi connectivity index (χ0) is 22.5. The van der Waals surface area contributed by atoms with Crippen molar-refractivity contribution >= 4 is 20.1 Å². The van der Waals surface area contributed by atoms with Gasteiger partial charge in [0.15, 0.2) is 0 Å². The monoisotopic (exact) mass is 417 g/mol. The maximum atomic E-state index is 12.4. The summed E-state index contributed by atoms with van der Waals surface area (Å²) >= 11 is 0. The molecule has 1 atom stereocenters. The molecule has 29 heavy (non-hydrogen) atoms. The first-order valence-corrected chi connectivity index (χ1v) is 13.4. The molecule has 0 aromatic heterocycles. The summed E-state index contributed by atoms with van der Waals surface area (Å²) in [6.45, 7) is 17.2. The van der Waals surface area contributed by atoms with Gasteiger partial charge in [-0.05, 0) is 59.2 Å². The van der Waals surface area contributed by atoms with Gasteiger partial charge in [0.05, 0.1) is 0 Å². The van der Waals surface area contributed by atoms with Gasteiger partial charge in [-0.3, -0.25) is 0 Å². The first-order chi connectivity index (χ1) is 13.1. The van der Waals surface area contributed by atoms with Crippen molar-refractivity contribution in [1.82, 2.24) is 5.32 Å². The molecule has 0 aliphatic heterocycles. The van der Waals surface area contributed by atoms with E-state index in [2.05, 4.69) is 36.4 Å². The van der Waals surface area contributed by atoms with E-state index in [0.717, 1.165) is 11.1 Å². The molecule has 0 spiro atoms. The molecule has 5 nitrogen and oxygen atoms in total. The van der Waals surface area contributed by atoms with Crippen molar-refractivity contribution in [2.75, 3.05) is 0 Å². The summed E-state index contributed by atoms with van der Waals surface area (Å²) in [4.78, 5) is 24.2. The van der Waals surface area contributed by atoms with Crippen LogP contribution in [0, 0.1) is 11.5 Å². The Kier molecular flexibility index (Phi) is 8.11. The molecule has 1 unspecified atom stereocenters. The smallest absolute Gasteiger partial charge is 0.408 e. The summed E-state index contributed by atoms with van der Waals surface area (Å²) in [5.74, 6) is 2.73. The molecular weight excluding hydrogens is 382 g/mol. The highest BCUT2D eigenvalue weighted by atomic mass is 28.3. The second kappa shape index (κ2) is 9.49. The summed E-state index contributed by atoms with van der Waals surface area (Å²) in [6.07, 6.45) is -0.0885. The van der Waals surface area contributed by atoms with Crippen LogP contribution in [-0.4, -0.2) is 37.4 Å². The number of alkyl carbamates (subject to hydrolysis) is 1. The summed E-state index contributed by atoms with van der Waals surface area (Å²) in [5.41, 5.74) is 4.04. The number of rotatable bonds is 5. The van der Waals surface area contributed by atoms with Gasteiger partial charge in [0.25, 0.3) is 0 Å². The van der Waals surface area contributed by atoms with Gasteiger partial charge >= 0.3 is 12.1 Å². The minimum absolute atomic E-state index is 0.501. The number of carbonyl (C=O) groups excluding carboxylic acids is 2. The Hall–Kier alpha value is -2.26. The minimum atomic E-state index is -1.40. The molecule has 160 valence electrons. The third-order valence-corrected chi connectivity index (χ3v) is 4.50. The zero-order valence-corrected chi connectivity index (χ0v) is 20.2. The van der Waals surface area contributed by atoms with Crippen molar-refractivity contribution < 1.29 is 19.1 Å². The van der Waals surface area contributed by atoms with Crippen molar-refractivity contribution in [2.24, 2.45) is 0 Å². The molecule has 0 aliphatic rings. The van der Waals surface area contributed by atoms with Crippen molar-refractivity contribution in [3.05, 3.63) is 35.4 Å². The van der Waals surface area contributed by atoms with E-state index in [-0.39, 0.29) is 0 Å². The topological polar surface area (TPSA) is 64.6 Å². The number of esters is 1.